The van der Waals surface area contributed by atoms with Gasteiger partial charge in [-0.15, -0.1) is 0 Å². The molecule has 0 bridgehead atoms. The summed E-state index contributed by atoms with van der Waals surface area (Å²) in [6, 6.07) is 14.5. The molecular weight excluding hydrogens is 553 g/mol. The lowest BCUT2D eigenvalue weighted by atomic mass is 9.89. The highest BCUT2D eigenvalue weighted by molar-refractivity contribution is 6.42. The van der Waals surface area contributed by atoms with E-state index in [0.29, 0.717) is 59.8 Å². The van der Waals surface area contributed by atoms with Crippen molar-refractivity contribution in [2.24, 2.45) is 0 Å². The molecule has 40 heavy (non-hydrogen) atoms. The van der Waals surface area contributed by atoms with Gasteiger partial charge in [-0.25, -0.2) is 9.78 Å². The quantitative estimate of drug-likeness (QED) is 0.322. The summed E-state index contributed by atoms with van der Waals surface area (Å²) in [5, 5.41) is 16.3. The van der Waals surface area contributed by atoms with Crippen molar-refractivity contribution in [1.29, 1.82) is 0 Å². The fourth-order valence-corrected chi connectivity index (χ4v) is 6.09. The van der Waals surface area contributed by atoms with Gasteiger partial charge in [0.1, 0.15) is 10.8 Å². The summed E-state index contributed by atoms with van der Waals surface area (Å²) in [6.07, 6.45) is 4.72. The maximum atomic E-state index is 14.1. The van der Waals surface area contributed by atoms with Crippen LogP contribution < -0.4 is 15.4 Å². The minimum Gasteiger partial charge on any atom is -0.492 e. The summed E-state index contributed by atoms with van der Waals surface area (Å²) in [5.41, 5.74) is 1.96. The van der Waals surface area contributed by atoms with Crippen LogP contribution in [0.4, 0.5) is 4.79 Å². The number of hydrogen-bond donors (Lipinski definition) is 3. The van der Waals surface area contributed by atoms with Crippen molar-refractivity contribution >= 4 is 35.2 Å². The Kier molecular flexibility index (Phi) is 9.14. The molecule has 3 N–H and O–H groups in total. The van der Waals surface area contributed by atoms with Crippen LogP contribution in [-0.2, 0) is 0 Å². The molecule has 2 fully saturated rings. The average molecular weight is 587 g/mol. The Morgan fingerprint density at radius 1 is 1.10 bits per heavy atom. The van der Waals surface area contributed by atoms with Gasteiger partial charge in [-0.3, -0.25) is 4.79 Å². The largest absolute Gasteiger partial charge is 0.492 e. The van der Waals surface area contributed by atoms with Gasteiger partial charge in [0, 0.05) is 37.7 Å². The molecule has 0 unspecified atom stereocenters. The number of amides is 2. The van der Waals surface area contributed by atoms with Crippen molar-refractivity contribution in [3.63, 3.8) is 0 Å². The Bertz CT molecular complexity index is 1340. The predicted molar refractivity (Wildman–Crippen MR) is 154 cm³/mol. The molecule has 1 saturated heterocycles. The molecule has 1 aliphatic heterocycles. The molecule has 3 atom stereocenters. The van der Waals surface area contributed by atoms with Crippen LogP contribution in [0.15, 0.2) is 54.9 Å². The van der Waals surface area contributed by atoms with E-state index in [1.165, 1.54) is 0 Å². The summed E-state index contributed by atoms with van der Waals surface area (Å²) < 4.78 is 7.92. The first kappa shape index (κ1) is 28.3. The van der Waals surface area contributed by atoms with E-state index in [9.17, 15) is 14.7 Å². The molecule has 1 aromatic heterocycles. The van der Waals surface area contributed by atoms with Crippen molar-refractivity contribution in [2.45, 2.75) is 50.2 Å². The molecule has 9 nitrogen and oxygen atoms in total. The number of carboxylic acid groups (broad SMARTS) is 1. The van der Waals surface area contributed by atoms with Gasteiger partial charge < -0.3 is 29.9 Å². The molecule has 1 saturated carbocycles. The molecule has 1 aliphatic carbocycles. The molecule has 0 spiro atoms. The molecule has 11 heteroatoms. The molecule has 0 radical (unpaired) electrons. The van der Waals surface area contributed by atoms with Gasteiger partial charge in [-0.1, -0.05) is 72.4 Å². The van der Waals surface area contributed by atoms with E-state index in [1.807, 2.05) is 39.8 Å². The van der Waals surface area contributed by atoms with E-state index in [2.05, 4.69) is 15.6 Å². The number of hydrogen-bond acceptors (Lipinski definition) is 5. The molecule has 212 valence electrons. The predicted octanol–water partition coefficient (Wildman–Crippen LogP) is 5.49. The number of imidazole rings is 1. The molecular formula is C29H33Cl2N5O4. The zero-order valence-electron chi connectivity index (χ0n) is 22.1. The normalized spacial score (nSPS) is 21.1. The molecule has 5 rings (SSSR count). The van der Waals surface area contributed by atoms with Gasteiger partial charge in [0.15, 0.2) is 5.69 Å². The van der Waals surface area contributed by atoms with Crippen LogP contribution in [0.25, 0.3) is 11.3 Å². The van der Waals surface area contributed by atoms with Gasteiger partial charge in [-0.2, -0.15) is 0 Å². The number of nitrogens with one attached hydrogen (secondary N) is 2. The summed E-state index contributed by atoms with van der Waals surface area (Å²) in [5.74, 6) is 0.362. The molecule has 2 aliphatic rings. The number of carbonyl (C=O) groups is 2. The number of benzene rings is 2. The van der Waals surface area contributed by atoms with Crippen LogP contribution in [0.1, 0.15) is 48.6 Å². The van der Waals surface area contributed by atoms with Gasteiger partial charge in [0.05, 0.1) is 35.7 Å². The average Bonchev–Trinajstić information content (AvgIpc) is 3.41. The highest BCUT2D eigenvalue weighted by atomic mass is 35.5. The first-order valence-electron chi connectivity index (χ1n) is 13.6. The van der Waals surface area contributed by atoms with E-state index < -0.39 is 6.09 Å². The number of ether oxygens (including phenoxy) is 1. The number of rotatable bonds is 8. The van der Waals surface area contributed by atoms with Crippen LogP contribution >= 0.6 is 23.2 Å². The lowest BCUT2D eigenvalue weighted by Gasteiger charge is -2.36. The fourth-order valence-electron chi connectivity index (χ4n) is 5.74. The Morgan fingerprint density at radius 2 is 1.90 bits per heavy atom. The molecule has 2 amide bonds. The zero-order valence-corrected chi connectivity index (χ0v) is 23.6. The van der Waals surface area contributed by atoms with Gasteiger partial charge in [0.2, 0.25) is 0 Å². The van der Waals surface area contributed by atoms with Crippen LogP contribution in [0, 0.1) is 0 Å². The maximum absolute atomic E-state index is 14.1. The Balaban J connectivity index is 1.41. The second-order valence-electron chi connectivity index (χ2n) is 10.2. The lowest BCUT2D eigenvalue weighted by molar-refractivity contribution is 0.0601. The lowest BCUT2D eigenvalue weighted by Crippen LogP contribution is -2.54. The van der Waals surface area contributed by atoms with Crippen LogP contribution in [0.5, 0.6) is 5.75 Å². The SMILES string of the molecule is O=C(O)N[C@H]1CCCC[C@@H]1n1cnc(C(=O)N2CCNC[C@H]2CCOc2cccc(Cl)c2Cl)c1-c1ccccc1. The Labute approximate surface area is 243 Å². The minimum atomic E-state index is -1.04. The summed E-state index contributed by atoms with van der Waals surface area (Å²) >= 11 is 12.4. The van der Waals surface area contributed by atoms with E-state index in [4.69, 9.17) is 27.9 Å². The first-order valence-corrected chi connectivity index (χ1v) is 14.4. The first-order chi connectivity index (χ1) is 19.4. The molecule has 3 aromatic rings. The molecule has 2 heterocycles. The van der Waals surface area contributed by atoms with Crippen molar-refractivity contribution < 1.29 is 19.4 Å². The van der Waals surface area contributed by atoms with Gasteiger partial charge >= 0.3 is 6.09 Å². The maximum Gasteiger partial charge on any atom is 0.404 e. The Hall–Kier alpha value is -3.27. The van der Waals surface area contributed by atoms with Gasteiger partial charge in [-0.05, 0) is 25.0 Å². The third kappa shape index (κ3) is 6.22. The van der Waals surface area contributed by atoms with Crippen molar-refractivity contribution in [1.82, 2.24) is 25.1 Å². The monoisotopic (exact) mass is 585 g/mol. The second-order valence-corrected chi connectivity index (χ2v) is 11.0. The van der Waals surface area contributed by atoms with Crippen molar-refractivity contribution in [3.05, 3.63) is 70.6 Å². The third-order valence-electron chi connectivity index (χ3n) is 7.68. The minimum absolute atomic E-state index is 0.107. The van der Waals surface area contributed by atoms with Crippen LogP contribution in [0.2, 0.25) is 10.0 Å². The van der Waals surface area contributed by atoms with Crippen molar-refractivity contribution in [2.75, 3.05) is 26.2 Å². The van der Waals surface area contributed by atoms with E-state index >= 15 is 0 Å². The van der Waals surface area contributed by atoms with E-state index in [-0.39, 0.29) is 24.0 Å². The number of halogens is 2. The number of aromatic nitrogens is 2. The standard InChI is InChI=1S/C29H33Cl2N5O4/c30-21-9-6-12-24(25(21)31)40-16-13-20-17-32-14-15-35(20)28(37)26-27(19-7-2-1-3-8-19)36(18-33-26)23-11-5-4-10-22(23)34-29(38)39/h1-3,6-9,12,18,20,22-23,32,34H,4-5,10-11,13-17H2,(H,38,39)/t20-,22+,23+/m1/s1. The Morgan fingerprint density at radius 3 is 2.70 bits per heavy atom. The number of nitrogens with zero attached hydrogens (tertiary/aromatic N) is 3. The third-order valence-corrected chi connectivity index (χ3v) is 8.48. The highest BCUT2D eigenvalue weighted by Gasteiger charge is 2.35. The molecule has 2 aromatic carbocycles. The highest BCUT2D eigenvalue weighted by Crippen LogP contribution is 2.35. The summed E-state index contributed by atoms with van der Waals surface area (Å²) in [4.78, 5) is 32.2. The van der Waals surface area contributed by atoms with Crippen molar-refractivity contribution in [3.8, 4) is 17.0 Å². The smallest absolute Gasteiger partial charge is 0.404 e. The topological polar surface area (TPSA) is 109 Å². The van der Waals surface area contributed by atoms with Crippen LogP contribution in [0.3, 0.4) is 0 Å². The number of piperazine rings is 1. The zero-order chi connectivity index (χ0) is 28.1. The van der Waals surface area contributed by atoms with E-state index in [0.717, 1.165) is 31.2 Å². The fraction of sp³-hybridized carbons (Fsp3) is 0.414. The summed E-state index contributed by atoms with van der Waals surface area (Å²) in [6.45, 7) is 2.21. The second kappa shape index (κ2) is 12.9. The summed E-state index contributed by atoms with van der Waals surface area (Å²) in [7, 11) is 0. The number of carbonyl (C=O) groups excluding carboxylic acids is 1. The van der Waals surface area contributed by atoms with Crippen LogP contribution in [-0.4, -0.2) is 69.9 Å². The van der Waals surface area contributed by atoms with Gasteiger partial charge in [0.25, 0.3) is 5.91 Å². The van der Waals surface area contributed by atoms with E-state index in [1.54, 1.807) is 24.5 Å².